The molecule has 4 heterocycles. The lowest BCUT2D eigenvalue weighted by Crippen LogP contribution is -2.34. The summed E-state index contributed by atoms with van der Waals surface area (Å²) in [7, 11) is 0. The van der Waals surface area contributed by atoms with Crippen molar-refractivity contribution in [2.24, 2.45) is 0 Å². The van der Waals surface area contributed by atoms with Gasteiger partial charge in [-0.25, -0.2) is 4.98 Å². The maximum absolute atomic E-state index is 4.44. The second-order valence-electron chi connectivity index (χ2n) is 6.33. The number of likely N-dealkylation sites (tertiary alicyclic amines) is 1. The predicted octanol–water partition coefficient (Wildman–Crippen LogP) is 2.81. The largest absolute Gasteiger partial charge is 0.298 e. The van der Waals surface area contributed by atoms with Gasteiger partial charge in [-0.3, -0.25) is 19.3 Å². The summed E-state index contributed by atoms with van der Waals surface area (Å²) in [6.45, 7) is 5.24. The van der Waals surface area contributed by atoms with Crippen LogP contribution in [0.2, 0.25) is 0 Å². The van der Waals surface area contributed by atoms with Crippen molar-refractivity contribution in [3.63, 3.8) is 0 Å². The number of hydrogen-bond donors (Lipinski definition) is 0. The number of aryl methyl sites for hydroxylation is 1. The van der Waals surface area contributed by atoms with E-state index < -0.39 is 0 Å². The first-order valence-electron chi connectivity index (χ1n) is 8.20. The van der Waals surface area contributed by atoms with E-state index in [-0.39, 0.29) is 0 Å². The summed E-state index contributed by atoms with van der Waals surface area (Å²) in [6.07, 6.45) is 12.0. The highest BCUT2D eigenvalue weighted by atomic mass is 15.1. The van der Waals surface area contributed by atoms with Crippen molar-refractivity contribution in [2.75, 3.05) is 13.1 Å². The normalized spacial score (nSPS) is 19.3. The molecule has 0 spiro atoms. The number of piperidine rings is 1. The van der Waals surface area contributed by atoms with Crippen molar-refractivity contribution in [1.82, 2.24) is 24.3 Å². The Balaban J connectivity index is 1.58. The molecule has 23 heavy (non-hydrogen) atoms. The molecule has 118 valence electrons. The Kier molecular flexibility index (Phi) is 3.79. The first-order chi connectivity index (χ1) is 11.3. The average Bonchev–Trinajstić information content (AvgIpc) is 2.98. The highest BCUT2D eigenvalue weighted by Crippen LogP contribution is 2.28. The fourth-order valence-electron chi connectivity index (χ4n) is 3.61. The molecule has 3 aromatic heterocycles. The summed E-state index contributed by atoms with van der Waals surface area (Å²) >= 11 is 0. The standard InChI is InChI=1S/C18H21N5/c1-14-21-10-17-9-20-11-18(23(14)17)16-5-3-7-22(13-16)12-15-4-2-6-19-8-15/h2,4,6,8-11,16H,3,5,7,12-13H2,1H3/t16-/m0/s1. The van der Waals surface area contributed by atoms with Gasteiger partial charge in [-0.2, -0.15) is 0 Å². The van der Waals surface area contributed by atoms with E-state index in [1.54, 1.807) is 0 Å². The summed E-state index contributed by atoms with van der Waals surface area (Å²) in [5.74, 6) is 1.55. The summed E-state index contributed by atoms with van der Waals surface area (Å²) in [6, 6.07) is 4.16. The molecule has 0 amide bonds. The average molecular weight is 307 g/mol. The molecule has 5 heteroatoms. The smallest absolute Gasteiger partial charge is 0.110 e. The summed E-state index contributed by atoms with van der Waals surface area (Å²) in [4.78, 5) is 15.6. The molecule has 0 unspecified atom stereocenters. The Morgan fingerprint density at radius 2 is 2.13 bits per heavy atom. The van der Waals surface area contributed by atoms with Crippen LogP contribution in [-0.2, 0) is 6.54 Å². The number of imidazole rings is 1. The number of rotatable bonds is 3. The minimum absolute atomic E-state index is 0.504. The van der Waals surface area contributed by atoms with Crippen molar-refractivity contribution in [2.45, 2.75) is 32.2 Å². The lowest BCUT2D eigenvalue weighted by Gasteiger charge is -2.33. The highest BCUT2D eigenvalue weighted by Gasteiger charge is 2.24. The van der Waals surface area contributed by atoms with Gasteiger partial charge in [-0.05, 0) is 37.9 Å². The van der Waals surface area contributed by atoms with E-state index in [2.05, 4.69) is 37.2 Å². The van der Waals surface area contributed by atoms with Crippen molar-refractivity contribution in [3.05, 3.63) is 60.2 Å². The van der Waals surface area contributed by atoms with Gasteiger partial charge < -0.3 is 0 Å². The van der Waals surface area contributed by atoms with E-state index in [9.17, 15) is 0 Å². The van der Waals surface area contributed by atoms with Crippen LogP contribution in [0.1, 0.15) is 35.8 Å². The Labute approximate surface area is 136 Å². The third-order valence-electron chi connectivity index (χ3n) is 4.69. The topological polar surface area (TPSA) is 46.3 Å². The Bertz CT molecular complexity index is 796. The lowest BCUT2D eigenvalue weighted by molar-refractivity contribution is 0.197. The van der Waals surface area contributed by atoms with Gasteiger partial charge in [0.05, 0.1) is 17.9 Å². The summed E-state index contributed by atoms with van der Waals surface area (Å²) in [5.41, 5.74) is 3.65. The molecule has 0 aromatic carbocycles. The van der Waals surface area contributed by atoms with Gasteiger partial charge in [0.25, 0.3) is 0 Å². The van der Waals surface area contributed by atoms with Crippen LogP contribution < -0.4 is 0 Å². The molecule has 5 nitrogen and oxygen atoms in total. The maximum Gasteiger partial charge on any atom is 0.110 e. The van der Waals surface area contributed by atoms with Crippen molar-refractivity contribution >= 4 is 5.52 Å². The second-order valence-corrected chi connectivity index (χ2v) is 6.33. The third-order valence-corrected chi connectivity index (χ3v) is 4.69. The second kappa shape index (κ2) is 6.08. The van der Waals surface area contributed by atoms with Crippen LogP contribution in [0.3, 0.4) is 0 Å². The van der Waals surface area contributed by atoms with Gasteiger partial charge in [-0.1, -0.05) is 6.07 Å². The number of hydrogen-bond acceptors (Lipinski definition) is 4. The molecule has 0 saturated carbocycles. The fraction of sp³-hybridized carbons (Fsp3) is 0.389. The van der Waals surface area contributed by atoms with Crippen molar-refractivity contribution in [3.8, 4) is 0 Å². The number of fused-ring (bicyclic) bond motifs is 1. The molecule has 3 aromatic rings. The monoisotopic (exact) mass is 307 g/mol. The number of aromatic nitrogens is 4. The number of nitrogens with zero attached hydrogens (tertiary/aromatic N) is 5. The van der Waals surface area contributed by atoms with E-state index in [1.165, 1.54) is 24.1 Å². The molecular formula is C18H21N5. The van der Waals surface area contributed by atoms with E-state index >= 15 is 0 Å². The van der Waals surface area contributed by atoms with E-state index in [4.69, 9.17) is 0 Å². The minimum atomic E-state index is 0.504. The van der Waals surface area contributed by atoms with Crippen LogP contribution in [0.4, 0.5) is 0 Å². The SMILES string of the molecule is Cc1ncc2cncc([C@H]3CCCN(Cc4cccnc4)C3)n12. The van der Waals surface area contributed by atoms with E-state index in [1.807, 2.05) is 37.1 Å². The van der Waals surface area contributed by atoms with Gasteiger partial charge in [0.15, 0.2) is 0 Å². The molecule has 1 aliphatic rings. The molecule has 4 rings (SSSR count). The van der Waals surface area contributed by atoms with Crippen LogP contribution in [-0.4, -0.2) is 37.3 Å². The Morgan fingerprint density at radius 3 is 3.00 bits per heavy atom. The van der Waals surface area contributed by atoms with Gasteiger partial charge in [0.1, 0.15) is 5.82 Å². The maximum atomic E-state index is 4.44. The molecule has 0 N–H and O–H groups in total. The Hall–Kier alpha value is -2.27. The zero-order valence-corrected chi connectivity index (χ0v) is 13.4. The van der Waals surface area contributed by atoms with Gasteiger partial charge in [0, 0.05) is 43.3 Å². The lowest BCUT2D eigenvalue weighted by atomic mass is 9.94. The molecule has 1 aliphatic heterocycles. The quantitative estimate of drug-likeness (QED) is 0.746. The summed E-state index contributed by atoms with van der Waals surface area (Å²) < 4.78 is 2.26. The van der Waals surface area contributed by atoms with Gasteiger partial charge >= 0.3 is 0 Å². The van der Waals surface area contributed by atoms with Crippen molar-refractivity contribution in [1.29, 1.82) is 0 Å². The minimum Gasteiger partial charge on any atom is -0.298 e. The van der Waals surface area contributed by atoms with Gasteiger partial charge in [0.2, 0.25) is 0 Å². The molecule has 0 aliphatic carbocycles. The van der Waals surface area contributed by atoms with Crippen LogP contribution in [0.25, 0.3) is 5.52 Å². The first kappa shape index (κ1) is 14.3. The first-order valence-corrected chi connectivity index (χ1v) is 8.20. The molecule has 0 bridgehead atoms. The molecular weight excluding hydrogens is 286 g/mol. The van der Waals surface area contributed by atoms with E-state index in [0.717, 1.165) is 31.0 Å². The molecule has 0 radical (unpaired) electrons. The summed E-state index contributed by atoms with van der Waals surface area (Å²) in [5, 5.41) is 0. The van der Waals surface area contributed by atoms with Crippen LogP contribution in [0.15, 0.2) is 43.1 Å². The third kappa shape index (κ3) is 2.84. The van der Waals surface area contributed by atoms with Crippen LogP contribution in [0.5, 0.6) is 0 Å². The van der Waals surface area contributed by atoms with Crippen LogP contribution >= 0.6 is 0 Å². The molecule has 1 saturated heterocycles. The predicted molar refractivity (Wildman–Crippen MR) is 89.2 cm³/mol. The zero-order chi connectivity index (χ0) is 15.6. The molecule has 1 atom stereocenters. The zero-order valence-electron chi connectivity index (χ0n) is 13.4. The molecule has 1 fully saturated rings. The van der Waals surface area contributed by atoms with Crippen molar-refractivity contribution < 1.29 is 0 Å². The van der Waals surface area contributed by atoms with Gasteiger partial charge in [-0.15, -0.1) is 0 Å². The van der Waals surface area contributed by atoms with E-state index in [0.29, 0.717) is 5.92 Å². The highest BCUT2D eigenvalue weighted by molar-refractivity contribution is 5.45. The fourth-order valence-corrected chi connectivity index (χ4v) is 3.61. The number of pyridine rings is 1. The Morgan fingerprint density at radius 1 is 1.17 bits per heavy atom. The van der Waals surface area contributed by atoms with Crippen LogP contribution in [0, 0.1) is 6.92 Å².